The number of quaternary nitrogens is 1. The summed E-state index contributed by atoms with van der Waals surface area (Å²) in [5, 5.41) is 0. The Morgan fingerprint density at radius 1 is 1.50 bits per heavy atom. The lowest BCUT2D eigenvalue weighted by molar-refractivity contribution is -0.790. The van der Waals surface area contributed by atoms with E-state index in [1.165, 1.54) is 24.0 Å². The Balaban J connectivity index is 2.24. The Labute approximate surface area is 64.6 Å². The maximum atomic E-state index is 2.37. The van der Waals surface area contributed by atoms with Crippen LogP contribution in [0, 0.1) is 5.92 Å². The Morgan fingerprint density at radius 2 is 2.10 bits per heavy atom. The maximum absolute atomic E-state index is 2.37. The highest BCUT2D eigenvalue weighted by Crippen LogP contribution is 2.32. The zero-order chi connectivity index (χ0) is 7.78. The average Bonchev–Trinajstić information content (AvgIpc) is 2.43. The summed E-state index contributed by atoms with van der Waals surface area (Å²) < 4.78 is 1.33. The molecule has 0 N–H and O–H groups in total. The van der Waals surface area contributed by atoms with Gasteiger partial charge < -0.3 is 4.48 Å². The SMILES string of the molecule is CC[N+]1(C)CC1CC(C)C. The van der Waals surface area contributed by atoms with Gasteiger partial charge in [0.15, 0.2) is 0 Å². The third-order valence-corrected chi connectivity index (χ3v) is 2.84. The molecule has 0 aromatic heterocycles. The first-order valence-electron chi connectivity index (χ1n) is 4.42. The van der Waals surface area contributed by atoms with Crippen molar-refractivity contribution in [3.63, 3.8) is 0 Å². The van der Waals surface area contributed by atoms with Gasteiger partial charge in [0, 0.05) is 6.42 Å². The normalized spacial score (nSPS) is 38.7. The van der Waals surface area contributed by atoms with Crippen LogP contribution >= 0.6 is 0 Å². The van der Waals surface area contributed by atoms with Crippen molar-refractivity contribution >= 4 is 0 Å². The van der Waals surface area contributed by atoms with Crippen LogP contribution < -0.4 is 0 Å². The van der Waals surface area contributed by atoms with E-state index in [-0.39, 0.29) is 0 Å². The van der Waals surface area contributed by atoms with Crippen LogP contribution in [-0.2, 0) is 0 Å². The number of hydrogen-bond acceptors (Lipinski definition) is 0. The molecule has 0 saturated carbocycles. The molecule has 1 nitrogen and oxygen atoms in total. The monoisotopic (exact) mass is 142 g/mol. The van der Waals surface area contributed by atoms with Crippen molar-refractivity contribution in [3.05, 3.63) is 0 Å². The third-order valence-electron chi connectivity index (χ3n) is 2.84. The first kappa shape index (κ1) is 8.06. The van der Waals surface area contributed by atoms with E-state index in [1.807, 2.05) is 0 Å². The largest absolute Gasteiger partial charge is 0.314 e. The molecule has 1 saturated heterocycles. The van der Waals surface area contributed by atoms with Gasteiger partial charge in [-0.25, -0.2) is 0 Å². The van der Waals surface area contributed by atoms with E-state index in [4.69, 9.17) is 0 Å². The molecule has 1 fully saturated rings. The number of hydrogen-bond donors (Lipinski definition) is 0. The molecule has 60 valence electrons. The number of likely N-dealkylation sites (N-methyl/N-ethyl adjacent to an activating group) is 1. The molecule has 10 heavy (non-hydrogen) atoms. The van der Waals surface area contributed by atoms with E-state index in [1.54, 1.807) is 0 Å². The predicted molar refractivity (Wildman–Crippen MR) is 44.8 cm³/mol. The fourth-order valence-corrected chi connectivity index (χ4v) is 1.69. The first-order chi connectivity index (χ1) is 4.58. The van der Waals surface area contributed by atoms with Crippen molar-refractivity contribution in [1.82, 2.24) is 0 Å². The molecule has 0 aliphatic carbocycles. The minimum absolute atomic E-state index is 0.886. The second-order valence-corrected chi connectivity index (χ2v) is 4.26. The average molecular weight is 142 g/mol. The summed E-state index contributed by atoms with van der Waals surface area (Å²) in [5.41, 5.74) is 0. The van der Waals surface area contributed by atoms with Gasteiger partial charge in [0.1, 0.15) is 12.6 Å². The third kappa shape index (κ3) is 1.51. The van der Waals surface area contributed by atoms with Gasteiger partial charge in [-0.2, -0.15) is 0 Å². The van der Waals surface area contributed by atoms with E-state index < -0.39 is 0 Å². The number of nitrogens with zero attached hydrogens (tertiary/aromatic N) is 1. The molecule has 0 spiro atoms. The summed E-state index contributed by atoms with van der Waals surface area (Å²) in [5.74, 6) is 0.886. The minimum atomic E-state index is 0.886. The molecule has 1 aliphatic heterocycles. The van der Waals surface area contributed by atoms with Gasteiger partial charge in [-0.1, -0.05) is 13.8 Å². The van der Waals surface area contributed by atoms with Crippen molar-refractivity contribution in [2.45, 2.75) is 33.2 Å². The van der Waals surface area contributed by atoms with Crippen LogP contribution in [0.3, 0.4) is 0 Å². The summed E-state index contributed by atoms with van der Waals surface area (Å²) in [7, 11) is 2.37. The second kappa shape index (κ2) is 2.54. The van der Waals surface area contributed by atoms with Crippen LogP contribution in [0.4, 0.5) is 0 Å². The Morgan fingerprint density at radius 3 is 2.40 bits per heavy atom. The smallest absolute Gasteiger partial charge is 0.139 e. The van der Waals surface area contributed by atoms with Gasteiger partial charge in [0.25, 0.3) is 0 Å². The lowest BCUT2D eigenvalue weighted by Gasteiger charge is -2.11. The van der Waals surface area contributed by atoms with Crippen LogP contribution in [0.1, 0.15) is 27.2 Å². The predicted octanol–water partition coefficient (Wildman–Crippen LogP) is 1.88. The number of rotatable bonds is 3. The standard InChI is InChI=1S/C9H20N/c1-5-10(4)7-9(10)6-8(2)3/h8-9H,5-7H2,1-4H3/q+1. The summed E-state index contributed by atoms with van der Waals surface area (Å²) in [4.78, 5) is 0. The Kier molecular flexibility index (Phi) is 2.04. The van der Waals surface area contributed by atoms with Crippen LogP contribution in [0.25, 0.3) is 0 Å². The summed E-state index contributed by atoms with van der Waals surface area (Å²) in [6, 6.07) is 0.991. The van der Waals surface area contributed by atoms with Gasteiger partial charge in [0.05, 0.1) is 13.6 Å². The maximum Gasteiger partial charge on any atom is 0.139 e. The van der Waals surface area contributed by atoms with Crippen molar-refractivity contribution < 1.29 is 4.48 Å². The quantitative estimate of drug-likeness (QED) is 0.417. The fraction of sp³-hybridized carbons (Fsp3) is 1.00. The Hall–Kier alpha value is -0.0400. The lowest BCUT2D eigenvalue weighted by atomic mass is 10.1. The highest BCUT2D eigenvalue weighted by Gasteiger charge is 2.49. The molecule has 1 heterocycles. The van der Waals surface area contributed by atoms with E-state index in [9.17, 15) is 0 Å². The van der Waals surface area contributed by atoms with E-state index in [2.05, 4.69) is 27.8 Å². The van der Waals surface area contributed by atoms with Gasteiger partial charge in [0.2, 0.25) is 0 Å². The summed E-state index contributed by atoms with van der Waals surface area (Å²) >= 11 is 0. The lowest BCUT2D eigenvalue weighted by Crippen LogP contribution is -2.23. The molecule has 2 unspecified atom stereocenters. The van der Waals surface area contributed by atoms with Crippen LogP contribution in [0.5, 0.6) is 0 Å². The van der Waals surface area contributed by atoms with E-state index in [0.717, 1.165) is 12.0 Å². The van der Waals surface area contributed by atoms with Crippen molar-refractivity contribution in [2.75, 3.05) is 20.1 Å². The van der Waals surface area contributed by atoms with Crippen molar-refractivity contribution in [1.29, 1.82) is 0 Å². The fourth-order valence-electron chi connectivity index (χ4n) is 1.69. The van der Waals surface area contributed by atoms with Gasteiger partial charge in [-0.05, 0) is 12.8 Å². The first-order valence-corrected chi connectivity index (χ1v) is 4.42. The minimum Gasteiger partial charge on any atom is -0.314 e. The van der Waals surface area contributed by atoms with Crippen LogP contribution in [0.15, 0.2) is 0 Å². The molecule has 1 aliphatic rings. The second-order valence-electron chi connectivity index (χ2n) is 4.26. The molecule has 0 aromatic carbocycles. The van der Waals surface area contributed by atoms with Crippen LogP contribution in [0.2, 0.25) is 0 Å². The van der Waals surface area contributed by atoms with Crippen LogP contribution in [-0.4, -0.2) is 30.7 Å². The molecular formula is C9H20N+. The molecule has 1 rings (SSSR count). The van der Waals surface area contributed by atoms with Gasteiger partial charge in [-0.3, -0.25) is 0 Å². The highest BCUT2D eigenvalue weighted by molar-refractivity contribution is 4.73. The van der Waals surface area contributed by atoms with E-state index >= 15 is 0 Å². The van der Waals surface area contributed by atoms with Gasteiger partial charge in [-0.15, -0.1) is 0 Å². The molecule has 0 radical (unpaired) electrons. The van der Waals surface area contributed by atoms with Crippen molar-refractivity contribution in [3.8, 4) is 0 Å². The molecular weight excluding hydrogens is 122 g/mol. The molecule has 1 heteroatoms. The topological polar surface area (TPSA) is 0 Å². The van der Waals surface area contributed by atoms with Gasteiger partial charge >= 0.3 is 0 Å². The zero-order valence-corrected chi connectivity index (χ0v) is 7.72. The molecule has 2 atom stereocenters. The Bertz CT molecular complexity index is 120. The van der Waals surface area contributed by atoms with E-state index in [0.29, 0.717) is 0 Å². The molecule has 0 amide bonds. The zero-order valence-electron chi connectivity index (χ0n) is 7.72. The summed E-state index contributed by atoms with van der Waals surface area (Å²) in [6.45, 7) is 9.67. The summed E-state index contributed by atoms with van der Waals surface area (Å²) in [6.07, 6.45) is 1.42. The molecule has 0 bridgehead atoms. The highest BCUT2D eigenvalue weighted by atomic mass is 15.5. The van der Waals surface area contributed by atoms with Crippen molar-refractivity contribution in [2.24, 2.45) is 5.92 Å². The molecule has 0 aromatic rings.